The third-order valence-corrected chi connectivity index (χ3v) is 5.00. The van der Waals surface area contributed by atoms with E-state index in [1.54, 1.807) is 17.3 Å². The Morgan fingerprint density at radius 2 is 1.93 bits per heavy atom. The Hall–Kier alpha value is -3.35. The van der Waals surface area contributed by atoms with Gasteiger partial charge in [0.15, 0.2) is 6.61 Å². The van der Waals surface area contributed by atoms with Gasteiger partial charge in [0, 0.05) is 48.4 Å². The summed E-state index contributed by atoms with van der Waals surface area (Å²) in [5, 5.41) is 0. The monoisotopic (exact) mass is 392 g/mol. The van der Waals surface area contributed by atoms with Gasteiger partial charge in [-0.25, -0.2) is 14.4 Å². The second-order valence-corrected chi connectivity index (χ2v) is 7.12. The lowest BCUT2D eigenvalue weighted by molar-refractivity contribution is -0.132. The molecule has 6 nitrogen and oxygen atoms in total. The number of pyridine rings is 1. The molecule has 0 aliphatic carbocycles. The van der Waals surface area contributed by atoms with Crippen molar-refractivity contribution in [2.24, 2.45) is 0 Å². The number of ether oxygens (including phenoxy) is 1. The van der Waals surface area contributed by atoms with Crippen molar-refractivity contribution in [2.75, 3.05) is 19.7 Å². The van der Waals surface area contributed by atoms with E-state index < -0.39 is 0 Å². The van der Waals surface area contributed by atoms with E-state index in [-0.39, 0.29) is 24.2 Å². The van der Waals surface area contributed by atoms with Crippen molar-refractivity contribution in [3.63, 3.8) is 0 Å². The number of carbonyl (C=O) groups excluding carboxylic acids is 1. The molecule has 1 aromatic carbocycles. The molecule has 3 heterocycles. The van der Waals surface area contributed by atoms with Crippen molar-refractivity contribution in [1.82, 2.24) is 19.9 Å². The number of carbonyl (C=O) groups is 1. The fourth-order valence-corrected chi connectivity index (χ4v) is 3.51. The standard InChI is InChI=1S/C22H21FN4O2/c1-15-8-17(18-10-24-14-25-11-18)9-21(26-15)16-6-7-27(12-16)22(28)13-29-20-4-2-19(23)3-5-20/h2-5,8-11,14,16H,6-7,12-13H2,1H3/t16-/m1/s1. The molecular formula is C22H21FN4O2. The van der Waals surface area contributed by atoms with Crippen LogP contribution in [0.5, 0.6) is 5.75 Å². The Morgan fingerprint density at radius 1 is 1.17 bits per heavy atom. The summed E-state index contributed by atoms with van der Waals surface area (Å²) in [4.78, 5) is 27.2. The molecule has 1 aliphatic rings. The van der Waals surface area contributed by atoms with E-state index in [1.165, 1.54) is 30.6 Å². The van der Waals surface area contributed by atoms with Gasteiger partial charge in [0.05, 0.1) is 0 Å². The highest BCUT2D eigenvalue weighted by atomic mass is 19.1. The fraction of sp³-hybridized carbons (Fsp3) is 0.273. The summed E-state index contributed by atoms with van der Waals surface area (Å²) >= 11 is 0. The zero-order chi connectivity index (χ0) is 20.2. The predicted molar refractivity (Wildman–Crippen MR) is 106 cm³/mol. The largest absolute Gasteiger partial charge is 0.484 e. The molecule has 29 heavy (non-hydrogen) atoms. The molecule has 1 fully saturated rings. The SMILES string of the molecule is Cc1cc(-c2cncnc2)cc([C@@H]2CCN(C(=O)COc3ccc(F)cc3)C2)n1. The highest BCUT2D eigenvalue weighted by molar-refractivity contribution is 5.78. The summed E-state index contributed by atoms with van der Waals surface area (Å²) < 4.78 is 18.4. The number of amides is 1. The van der Waals surface area contributed by atoms with Crippen LogP contribution in [-0.2, 0) is 4.79 Å². The van der Waals surface area contributed by atoms with Gasteiger partial charge in [-0.15, -0.1) is 0 Å². The number of benzene rings is 1. The van der Waals surface area contributed by atoms with Crippen molar-refractivity contribution in [1.29, 1.82) is 0 Å². The summed E-state index contributed by atoms with van der Waals surface area (Å²) in [5.41, 5.74) is 3.86. The van der Waals surface area contributed by atoms with E-state index in [0.717, 1.165) is 28.9 Å². The van der Waals surface area contributed by atoms with Crippen LogP contribution in [0.3, 0.4) is 0 Å². The van der Waals surface area contributed by atoms with Crippen LogP contribution >= 0.6 is 0 Å². The van der Waals surface area contributed by atoms with Gasteiger partial charge < -0.3 is 9.64 Å². The zero-order valence-electron chi connectivity index (χ0n) is 16.1. The highest BCUT2D eigenvalue weighted by Crippen LogP contribution is 2.29. The van der Waals surface area contributed by atoms with Crippen LogP contribution in [0.1, 0.15) is 23.7 Å². The van der Waals surface area contributed by atoms with Gasteiger partial charge in [0.2, 0.25) is 0 Å². The molecule has 1 aliphatic heterocycles. The van der Waals surface area contributed by atoms with Gasteiger partial charge in [-0.2, -0.15) is 0 Å². The van der Waals surface area contributed by atoms with Crippen LogP contribution < -0.4 is 4.74 Å². The molecule has 148 valence electrons. The second-order valence-electron chi connectivity index (χ2n) is 7.12. The van der Waals surface area contributed by atoms with Crippen LogP contribution in [0.4, 0.5) is 4.39 Å². The maximum atomic E-state index is 13.0. The number of aryl methyl sites for hydroxylation is 1. The van der Waals surface area contributed by atoms with Crippen molar-refractivity contribution >= 4 is 5.91 Å². The van der Waals surface area contributed by atoms with E-state index in [1.807, 2.05) is 13.0 Å². The second kappa shape index (κ2) is 8.34. The first-order chi connectivity index (χ1) is 14.1. The Labute approximate surface area is 168 Å². The van der Waals surface area contributed by atoms with Gasteiger partial charge in [0.25, 0.3) is 5.91 Å². The molecule has 0 unspecified atom stereocenters. The molecule has 1 saturated heterocycles. The third kappa shape index (κ3) is 4.56. The smallest absolute Gasteiger partial charge is 0.260 e. The highest BCUT2D eigenvalue weighted by Gasteiger charge is 2.28. The van der Waals surface area contributed by atoms with Gasteiger partial charge in [-0.1, -0.05) is 0 Å². The summed E-state index contributed by atoms with van der Waals surface area (Å²) in [5.74, 6) is 0.234. The number of rotatable bonds is 5. The maximum absolute atomic E-state index is 13.0. The lowest BCUT2D eigenvalue weighted by Gasteiger charge is -2.17. The summed E-state index contributed by atoms with van der Waals surface area (Å²) in [7, 11) is 0. The third-order valence-electron chi connectivity index (χ3n) is 5.00. The molecule has 1 atom stereocenters. The molecule has 0 bridgehead atoms. The molecule has 0 spiro atoms. The minimum absolute atomic E-state index is 0.0633. The Morgan fingerprint density at radius 3 is 2.69 bits per heavy atom. The fourth-order valence-electron chi connectivity index (χ4n) is 3.51. The van der Waals surface area contributed by atoms with E-state index in [2.05, 4.69) is 16.0 Å². The van der Waals surface area contributed by atoms with Crippen LogP contribution in [0.25, 0.3) is 11.1 Å². The molecular weight excluding hydrogens is 371 g/mol. The van der Waals surface area contributed by atoms with E-state index in [4.69, 9.17) is 9.72 Å². The minimum atomic E-state index is -0.335. The molecule has 0 radical (unpaired) electrons. The van der Waals surface area contributed by atoms with Crippen molar-refractivity contribution in [2.45, 2.75) is 19.3 Å². The maximum Gasteiger partial charge on any atom is 0.260 e. The van der Waals surface area contributed by atoms with Crippen LogP contribution in [0.2, 0.25) is 0 Å². The van der Waals surface area contributed by atoms with Gasteiger partial charge in [-0.05, 0) is 55.3 Å². The van der Waals surface area contributed by atoms with E-state index >= 15 is 0 Å². The average Bonchev–Trinajstić information content (AvgIpc) is 3.24. The molecule has 3 aromatic rings. The molecule has 7 heteroatoms. The summed E-state index contributed by atoms with van der Waals surface area (Å²) in [6.07, 6.45) is 5.92. The van der Waals surface area contributed by atoms with Crippen LogP contribution in [0.15, 0.2) is 55.1 Å². The van der Waals surface area contributed by atoms with Crippen molar-refractivity contribution < 1.29 is 13.9 Å². The van der Waals surface area contributed by atoms with Crippen LogP contribution in [0, 0.1) is 12.7 Å². The Bertz CT molecular complexity index is 995. The van der Waals surface area contributed by atoms with Crippen molar-refractivity contribution in [3.05, 3.63) is 72.3 Å². The number of aromatic nitrogens is 3. The number of hydrogen-bond acceptors (Lipinski definition) is 5. The lowest BCUT2D eigenvalue weighted by atomic mass is 10.00. The molecule has 4 rings (SSSR count). The van der Waals surface area contributed by atoms with Gasteiger partial charge in [-0.3, -0.25) is 9.78 Å². The normalized spacial score (nSPS) is 16.1. The number of nitrogens with zero attached hydrogens (tertiary/aromatic N) is 4. The Kier molecular flexibility index (Phi) is 5.46. The average molecular weight is 392 g/mol. The van der Waals surface area contributed by atoms with Gasteiger partial charge in [0.1, 0.15) is 17.9 Å². The van der Waals surface area contributed by atoms with E-state index in [9.17, 15) is 9.18 Å². The molecule has 0 N–H and O–H groups in total. The summed E-state index contributed by atoms with van der Waals surface area (Å²) in [6.45, 7) is 3.17. The van der Waals surface area contributed by atoms with Crippen LogP contribution in [-0.4, -0.2) is 45.5 Å². The first-order valence-corrected chi connectivity index (χ1v) is 9.48. The quantitative estimate of drug-likeness (QED) is 0.666. The lowest BCUT2D eigenvalue weighted by Crippen LogP contribution is -2.32. The zero-order valence-corrected chi connectivity index (χ0v) is 16.1. The molecule has 1 amide bonds. The topological polar surface area (TPSA) is 68.2 Å². The molecule has 0 saturated carbocycles. The number of halogens is 1. The number of likely N-dealkylation sites (tertiary alicyclic amines) is 1. The Balaban J connectivity index is 1.41. The van der Waals surface area contributed by atoms with E-state index in [0.29, 0.717) is 18.8 Å². The number of hydrogen-bond donors (Lipinski definition) is 0. The van der Waals surface area contributed by atoms with Gasteiger partial charge >= 0.3 is 0 Å². The molecule has 2 aromatic heterocycles. The summed E-state index contributed by atoms with van der Waals surface area (Å²) in [6, 6.07) is 9.71. The first-order valence-electron chi connectivity index (χ1n) is 9.48. The predicted octanol–water partition coefficient (Wildman–Crippen LogP) is 3.38. The van der Waals surface area contributed by atoms with Crippen molar-refractivity contribution in [3.8, 4) is 16.9 Å². The first kappa shape index (κ1) is 19.0. The minimum Gasteiger partial charge on any atom is -0.484 e.